The van der Waals surface area contributed by atoms with Crippen LogP contribution in [0, 0.1) is 0 Å². The Morgan fingerprint density at radius 1 is 0.386 bits per heavy atom. The number of hydrogen-bond donors (Lipinski definition) is 0. The molecule has 320 valence electrons. The van der Waals surface area contributed by atoms with Gasteiger partial charge in [0.15, 0.2) is 6.10 Å². The molecule has 0 saturated heterocycles. The van der Waals surface area contributed by atoms with Crippen LogP contribution in [-0.2, 0) is 28.6 Å². The van der Waals surface area contributed by atoms with Crippen LogP contribution in [0.25, 0.3) is 0 Å². The molecule has 0 fully saturated rings. The topological polar surface area (TPSA) is 78.9 Å². The summed E-state index contributed by atoms with van der Waals surface area (Å²) in [5, 5.41) is 0. The molecule has 6 nitrogen and oxygen atoms in total. The Bertz CT molecular complexity index is 1230. The highest BCUT2D eigenvalue weighted by molar-refractivity contribution is 5.71. The summed E-state index contributed by atoms with van der Waals surface area (Å²) in [4.78, 5) is 37.6. The number of ether oxygens (including phenoxy) is 3. The maximum absolute atomic E-state index is 12.7. The van der Waals surface area contributed by atoms with Crippen LogP contribution in [0.15, 0.2) is 109 Å². The van der Waals surface area contributed by atoms with E-state index in [-0.39, 0.29) is 50.4 Å². The number of rotatable bonds is 38. The van der Waals surface area contributed by atoms with E-state index in [9.17, 15) is 14.4 Å². The van der Waals surface area contributed by atoms with Crippen LogP contribution in [0.3, 0.4) is 0 Å². The molecule has 0 amide bonds. The standard InChI is InChI=1S/C51H80O6/c1-4-7-10-13-16-19-21-22-23-24-25-26-27-28-30-32-35-38-41-44-50(53)56-47-48(46-55-49(52)43-40-37-34-31-18-15-12-9-6-3)57-51(54)45-42-39-36-33-29-20-17-14-11-8-5-2/h7,10,14,16-17,19-20,22-23,25-26,28-31,34-35,38,48H,4-6,8-9,11-13,15,18,21,24,27,32-33,36-37,39-47H2,1-3H3/b10-7-,17-14-,19-16-,23-22-,26-25-,29-20-,30-28-,34-31-,38-35-. The zero-order chi connectivity index (χ0) is 41.5. The Kier molecular flexibility index (Phi) is 41.7. The van der Waals surface area contributed by atoms with E-state index in [2.05, 4.69) is 118 Å². The van der Waals surface area contributed by atoms with Gasteiger partial charge in [0.05, 0.1) is 0 Å². The number of esters is 3. The van der Waals surface area contributed by atoms with Gasteiger partial charge in [0.1, 0.15) is 13.2 Å². The molecule has 57 heavy (non-hydrogen) atoms. The third-order valence-corrected chi connectivity index (χ3v) is 8.77. The number of allylic oxidation sites excluding steroid dienone is 18. The van der Waals surface area contributed by atoms with Crippen LogP contribution in [0.4, 0.5) is 0 Å². The first-order valence-corrected chi connectivity index (χ1v) is 22.4. The summed E-state index contributed by atoms with van der Waals surface area (Å²) in [6.07, 6.45) is 59.5. The highest BCUT2D eigenvalue weighted by atomic mass is 16.6. The summed E-state index contributed by atoms with van der Waals surface area (Å²) in [6, 6.07) is 0. The van der Waals surface area contributed by atoms with Crippen molar-refractivity contribution in [3.8, 4) is 0 Å². The quantitative estimate of drug-likeness (QED) is 0.0204. The first kappa shape index (κ1) is 53.1. The van der Waals surface area contributed by atoms with Gasteiger partial charge in [-0.15, -0.1) is 0 Å². The molecule has 0 spiro atoms. The average molecular weight is 789 g/mol. The van der Waals surface area contributed by atoms with E-state index in [0.29, 0.717) is 19.3 Å². The summed E-state index contributed by atoms with van der Waals surface area (Å²) in [6.45, 7) is 6.28. The molecule has 0 N–H and O–H groups in total. The van der Waals surface area contributed by atoms with Crippen LogP contribution in [0.2, 0.25) is 0 Å². The Morgan fingerprint density at radius 2 is 0.807 bits per heavy atom. The number of carbonyl (C=O) groups excluding carboxylic acids is 3. The van der Waals surface area contributed by atoms with E-state index >= 15 is 0 Å². The lowest BCUT2D eigenvalue weighted by Gasteiger charge is -2.18. The fourth-order valence-corrected chi connectivity index (χ4v) is 5.39. The second-order valence-electron chi connectivity index (χ2n) is 14.2. The highest BCUT2D eigenvalue weighted by Crippen LogP contribution is 2.10. The monoisotopic (exact) mass is 789 g/mol. The van der Waals surface area contributed by atoms with E-state index in [1.54, 1.807) is 0 Å². The second-order valence-corrected chi connectivity index (χ2v) is 14.2. The molecule has 0 saturated carbocycles. The molecule has 0 aliphatic heterocycles. The predicted molar refractivity (Wildman–Crippen MR) is 242 cm³/mol. The van der Waals surface area contributed by atoms with E-state index < -0.39 is 6.10 Å². The van der Waals surface area contributed by atoms with E-state index in [0.717, 1.165) is 77.0 Å². The first-order valence-electron chi connectivity index (χ1n) is 22.4. The lowest BCUT2D eigenvalue weighted by molar-refractivity contribution is -0.166. The highest BCUT2D eigenvalue weighted by Gasteiger charge is 2.19. The molecule has 0 radical (unpaired) electrons. The van der Waals surface area contributed by atoms with Crippen molar-refractivity contribution in [3.05, 3.63) is 109 Å². The lowest BCUT2D eigenvalue weighted by Crippen LogP contribution is -2.30. The van der Waals surface area contributed by atoms with Crippen LogP contribution < -0.4 is 0 Å². The molecule has 0 aliphatic carbocycles. The third-order valence-electron chi connectivity index (χ3n) is 8.77. The Hall–Kier alpha value is -3.93. The minimum atomic E-state index is -0.832. The summed E-state index contributed by atoms with van der Waals surface area (Å²) < 4.78 is 16.5. The molecule has 0 aromatic carbocycles. The fourth-order valence-electron chi connectivity index (χ4n) is 5.39. The van der Waals surface area contributed by atoms with Gasteiger partial charge in [-0.05, 0) is 96.3 Å². The van der Waals surface area contributed by atoms with Crippen LogP contribution in [0.5, 0.6) is 0 Å². The third kappa shape index (κ3) is 43.0. The van der Waals surface area contributed by atoms with Crippen molar-refractivity contribution in [2.45, 2.75) is 181 Å². The number of unbranched alkanes of at least 4 members (excludes halogenated alkanes) is 10. The van der Waals surface area contributed by atoms with Crippen LogP contribution in [-0.4, -0.2) is 37.2 Å². The lowest BCUT2D eigenvalue weighted by atomic mass is 10.1. The van der Waals surface area contributed by atoms with Gasteiger partial charge in [0.25, 0.3) is 0 Å². The van der Waals surface area contributed by atoms with E-state index in [1.807, 2.05) is 12.2 Å². The molecule has 6 heteroatoms. The zero-order valence-corrected chi connectivity index (χ0v) is 36.3. The van der Waals surface area contributed by atoms with Crippen molar-refractivity contribution in [1.29, 1.82) is 0 Å². The van der Waals surface area contributed by atoms with E-state index in [4.69, 9.17) is 14.2 Å². The summed E-state index contributed by atoms with van der Waals surface area (Å²) in [5.74, 6) is -1.09. The number of carbonyl (C=O) groups is 3. The Labute approximate surface area is 349 Å². The van der Waals surface area contributed by atoms with E-state index in [1.165, 1.54) is 38.5 Å². The second kappa shape index (κ2) is 44.8. The largest absolute Gasteiger partial charge is 0.462 e. The van der Waals surface area contributed by atoms with Crippen molar-refractivity contribution >= 4 is 17.9 Å². The van der Waals surface area contributed by atoms with Gasteiger partial charge in [-0.1, -0.05) is 169 Å². The fraction of sp³-hybridized carbons (Fsp3) is 0.588. The van der Waals surface area contributed by atoms with Crippen molar-refractivity contribution in [2.75, 3.05) is 13.2 Å². The maximum atomic E-state index is 12.7. The molecule has 0 aromatic heterocycles. The van der Waals surface area contributed by atoms with Gasteiger partial charge in [-0.3, -0.25) is 14.4 Å². The molecule has 0 aliphatic rings. The molecule has 0 rings (SSSR count). The molecular weight excluding hydrogens is 709 g/mol. The van der Waals surface area contributed by atoms with Gasteiger partial charge in [-0.2, -0.15) is 0 Å². The molecule has 1 atom stereocenters. The minimum Gasteiger partial charge on any atom is -0.462 e. The van der Waals surface area contributed by atoms with Crippen LogP contribution >= 0.6 is 0 Å². The van der Waals surface area contributed by atoms with Gasteiger partial charge in [0.2, 0.25) is 0 Å². The molecule has 0 aromatic rings. The van der Waals surface area contributed by atoms with Crippen molar-refractivity contribution in [1.82, 2.24) is 0 Å². The smallest absolute Gasteiger partial charge is 0.306 e. The number of hydrogen-bond acceptors (Lipinski definition) is 6. The normalized spacial score (nSPS) is 13.1. The predicted octanol–water partition coefficient (Wildman–Crippen LogP) is 14.4. The average Bonchev–Trinajstić information content (AvgIpc) is 3.21. The summed E-state index contributed by atoms with van der Waals surface area (Å²) >= 11 is 0. The van der Waals surface area contributed by atoms with Gasteiger partial charge in [0, 0.05) is 19.3 Å². The minimum absolute atomic E-state index is 0.130. The van der Waals surface area contributed by atoms with Crippen molar-refractivity contribution < 1.29 is 28.6 Å². The Balaban J connectivity index is 4.54. The SMILES string of the molecule is CC/C=C\C/C=C\C/C=C\C/C=C\C/C=C\C/C=C\CCC(=O)OCC(COC(=O)CCC/C=C\CCCCCC)OC(=O)CCCCC/C=C\C=C/CCCC. The molecule has 1 unspecified atom stereocenters. The maximum Gasteiger partial charge on any atom is 0.306 e. The zero-order valence-electron chi connectivity index (χ0n) is 36.3. The Morgan fingerprint density at radius 3 is 1.35 bits per heavy atom. The first-order chi connectivity index (χ1) is 28.0. The van der Waals surface area contributed by atoms with Gasteiger partial charge >= 0.3 is 17.9 Å². The van der Waals surface area contributed by atoms with Crippen molar-refractivity contribution in [2.24, 2.45) is 0 Å². The van der Waals surface area contributed by atoms with Gasteiger partial charge < -0.3 is 14.2 Å². The summed E-state index contributed by atoms with van der Waals surface area (Å²) in [7, 11) is 0. The van der Waals surface area contributed by atoms with Crippen LogP contribution in [0.1, 0.15) is 175 Å². The van der Waals surface area contributed by atoms with Gasteiger partial charge in [-0.25, -0.2) is 0 Å². The molecule has 0 bridgehead atoms. The molecule has 0 heterocycles. The van der Waals surface area contributed by atoms with Crippen molar-refractivity contribution in [3.63, 3.8) is 0 Å². The summed E-state index contributed by atoms with van der Waals surface area (Å²) in [5.41, 5.74) is 0. The molecular formula is C51H80O6.